The molecule has 0 aromatic heterocycles. The fourth-order valence-electron chi connectivity index (χ4n) is 4.02. The number of hydrogen-bond donors (Lipinski definition) is 2. The Morgan fingerprint density at radius 3 is 2.58 bits per heavy atom. The van der Waals surface area contributed by atoms with E-state index in [1.165, 1.54) is 11.1 Å². The molecule has 3 atom stereocenters. The summed E-state index contributed by atoms with van der Waals surface area (Å²) in [6, 6.07) is 17.6. The third-order valence-corrected chi connectivity index (χ3v) is 5.52. The van der Waals surface area contributed by atoms with E-state index in [0.717, 1.165) is 18.4 Å². The number of benzene rings is 2. The number of fused-ring (bicyclic) bond motifs is 1. The van der Waals surface area contributed by atoms with Crippen molar-refractivity contribution in [1.29, 1.82) is 0 Å². The molecule has 0 bridgehead atoms. The van der Waals surface area contributed by atoms with E-state index in [0.29, 0.717) is 19.0 Å². The molecular weight excluding hydrogens is 326 g/mol. The van der Waals surface area contributed by atoms with Crippen LogP contribution in [-0.4, -0.2) is 29.9 Å². The third kappa shape index (κ3) is 3.17. The van der Waals surface area contributed by atoms with Crippen molar-refractivity contribution in [2.24, 2.45) is 11.7 Å². The van der Waals surface area contributed by atoms with E-state index in [1.807, 2.05) is 36.4 Å². The normalized spacial score (nSPS) is 23.8. The molecule has 4 rings (SSSR count). The number of nitrogens with zero attached hydrogens (tertiary/aromatic N) is 1. The van der Waals surface area contributed by atoms with Gasteiger partial charge in [-0.2, -0.15) is 0 Å². The lowest BCUT2D eigenvalue weighted by atomic mass is 9.92. The van der Waals surface area contributed by atoms with Gasteiger partial charge in [-0.15, -0.1) is 0 Å². The molecule has 134 valence electrons. The van der Waals surface area contributed by atoms with Gasteiger partial charge in [-0.05, 0) is 35.4 Å². The van der Waals surface area contributed by atoms with Crippen LogP contribution in [0, 0.1) is 5.92 Å². The first-order valence-corrected chi connectivity index (χ1v) is 9.11. The summed E-state index contributed by atoms with van der Waals surface area (Å²) in [5.41, 5.74) is 9.08. The fourth-order valence-corrected chi connectivity index (χ4v) is 4.02. The molecule has 2 aromatic rings. The molecule has 2 aliphatic rings. The summed E-state index contributed by atoms with van der Waals surface area (Å²) in [6.45, 7) is 0.986. The Hall–Kier alpha value is -2.82. The van der Waals surface area contributed by atoms with Crippen LogP contribution in [0.15, 0.2) is 54.6 Å². The van der Waals surface area contributed by atoms with Crippen LogP contribution in [0.5, 0.6) is 0 Å². The van der Waals surface area contributed by atoms with Gasteiger partial charge in [0.2, 0.25) is 5.91 Å². The zero-order chi connectivity index (χ0) is 18.1. The van der Waals surface area contributed by atoms with Gasteiger partial charge in [-0.3, -0.25) is 4.79 Å². The minimum Gasteiger partial charge on any atom is -0.353 e. The van der Waals surface area contributed by atoms with Crippen LogP contribution in [0.4, 0.5) is 4.79 Å². The van der Waals surface area contributed by atoms with E-state index in [9.17, 15) is 9.59 Å². The van der Waals surface area contributed by atoms with Crippen LogP contribution in [0.25, 0.3) is 0 Å². The molecule has 26 heavy (non-hydrogen) atoms. The number of rotatable bonds is 4. The average Bonchev–Trinajstić information content (AvgIpc) is 3.47. The van der Waals surface area contributed by atoms with Gasteiger partial charge in [0.1, 0.15) is 0 Å². The second-order valence-corrected chi connectivity index (χ2v) is 7.10. The zero-order valence-electron chi connectivity index (χ0n) is 14.6. The topological polar surface area (TPSA) is 75.4 Å². The molecule has 0 radical (unpaired) electrons. The van der Waals surface area contributed by atoms with Crippen LogP contribution in [0.3, 0.4) is 0 Å². The maximum absolute atomic E-state index is 12.6. The highest BCUT2D eigenvalue weighted by atomic mass is 16.2. The molecule has 3 amide bonds. The summed E-state index contributed by atoms with van der Waals surface area (Å²) >= 11 is 0. The van der Waals surface area contributed by atoms with Crippen LogP contribution in [0.1, 0.15) is 35.1 Å². The number of carbonyl (C=O) groups excluding carboxylic acids is 2. The lowest BCUT2D eigenvalue weighted by Crippen LogP contribution is -2.47. The van der Waals surface area contributed by atoms with Gasteiger partial charge in [0.25, 0.3) is 0 Å². The number of nitrogens with two attached hydrogens (primary N) is 1. The van der Waals surface area contributed by atoms with Crippen molar-refractivity contribution in [2.75, 3.05) is 13.1 Å². The molecule has 1 fully saturated rings. The minimum atomic E-state index is -0.438. The second-order valence-electron chi connectivity index (χ2n) is 7.10. The quantitative estimate of drug-likeness (QED) is 0.890. The first-order chi connectivity index (χ1) is 12.6. The summed E-state index contributed by atoms with van der Waals surface area (Å²) in [4.78, 5) is 26.1. The predicted molar refractivity (Wildman–Crippen MR) is 99.5 cm³/mol. The lowest BCUT2D eigenvalue weighted by Gasteiger charge is -2.36. The molecule has 5 heteroatoms. The van der Waals surface area contributed by atoms with Crippen molar-refractivity contribution in [3.63, 3.8) is 0 Å². The number of amides is 3. The Balaban J connectivity index is 1.43. The van der Waals surface area contributed by atoms with Crippen LogP contribution in [-0.2, 0) is 11.2 Å². The van der Waals surface area contributed by atoms with Gasteiger partial charge < -0.3 is 16.0 Å². The van der Waals surface area contributed by atoms with Gasteiger partial charge in [-0.1, -0.05) is 54.6 Å². The van der Waals surface area contributed by atoms with Gasteiger partial charge in [0.15, 0.2) is 0 Å². The minimum absolute atomic E-state index is 0.0262. The predicted octanol–water partition coefficient (Wildman–Crippen LogP) is 2.58. The molecule has 1 heterocycles. The van der Waals surface area contributed by atoms with Crippen molar-refractivity contribution in [3.8, 4) is 0 Å². The summed E-state index contributed by atoms with van der Waals surface area (Å²) < 4.78 is 0. The monoisotopic (exact) mass is 349 g/mol. The first kappa shape index (κ1) is 16.6. The van der Waals surface area contributed by atoms with Crippen molar-refractivity contribution in [2.45, 2.75) is 24.8 Å². The summed E-state index contributed by atoms with van der Waals surface area (Å²) in [5, 5.41) is 3.05. The second kappa shape index (κ2) is 6.83. The summed E-state index contributed by atoms with van der Waals surface area (Å²) in [6.07, 6.45) is 1.68. The molecule has 2 aromatic carbocycles. The maximum Gasteiger partial charge on any atom is 0.315 e. The SMILES string of the molecule is NC(=O)N1CCc2ccccc2C1CNC(=O)[C@@H]1C[C@H]1c1ccccc1. The molecule has 1 unspecified atom stereocenters. The zero-order valence-corrected chi connectivity index (χ0v) is 14.6. The van der Waals surface area contributed by atoms with Gasteiger partial charge in [-0.25, -0.2) is 4.79 Å². The largest absolute Gasteiger partial charge is 0.353 e. The summed E-state index contributed by atoms with van der Waals surface area (Å²) in [7, 11) is 0. The van der Waals surface area contributed by atoms with Gasteiger partial charge in [0.05, 0.1) is 6.04 Å². The van der Waals surface area contributed by atoms with Crippen molar-refractivity contribution in [3.05, 3.63) is 71.3 Å². The molecule has 0 saturated heterocycles. The van der Waals surface area contributed by atoms with Crippen LogP contribution >= 0.6 is 0 Å². The van der Waals surface area contributed by atoms with Gasteiger partial charge >= 0.3 is 6.03 Å². The number of urea groups is 1. The smallest absolute Gasteiger partial charge is 0.315 e. The van der Waals surface area contributed by atoms with E-state index in [1.54, 1.807) is 4.90 Å². The average molecular weight is 349 g/mol. The van der Waals surface area contributed by atoms with Crippen molar-refractivity contribution < 1.29 is 9.59 Å². The van der Waals surface area contributed by atoms with E-state index in [4.69, 9.17) is 5.73 Å². The number of carbonyl (C=O) groups is 2. The molecule has 5 nitrogen and oxygen atoms in total. The molecule has 3 N–H and O–H groups in total. The fraction of sp³-hybridized carbons (Fsp3) is 0.333. The van der Waals surface area contributed by atoms with Crippen molar-refractivity contribution in [1.82, 2.24) is 10.2 Å². The van der Waals surface area contributed by atoms with E-state index >= 15 is 0 Å². The molecule has 1 aliphatic carbocycles. The Labute approximate surface area is 153 Å². The number of primary amides is 1. The maximum atomic E-state index is 12.6. The van der Waals surface area contributed by atoms with Crippen LogP contribution < -0.4 is 11.1 Å². The number of nitrogens with one attached hydrogen (secondary N) is 1. The Bertz CT molecular complexity index is 821. The van der Waals surface area contributed by atoms with E-state index in [-0.39, 0.29) is 17.9 Å². The van der Waals surface area contributed by atoms with E-state index < -0.39 is 6.03 Å². The lowest BCUT2D eigenvalue weighted by molar-refractivity contribution is -0.122. The Morgan fingerprint density at radius 1 is 1.08 bits per heavy atom. The highest BCUT2D eigenvalue weighted by Gasteiger charge is 2.44. The third-order valence-electron chi connectivity index (χ3n) is 5.52. The van der Waals surface area contributed by atoms with E-state index in [2.05, 4.69) is 23.5 Å². The highest BCUT2D eigenvalue weighted by molar-refractivity contribution is 5.83. The van der Waals surface area contributed by atoms with Crippen molar-refractivity contribution >= 4 is 11.9 Å². The highest BCUT2D eigenvalue weighted by Crippen LogP contribution is 2.47. The van der Waals surface area contributed by atoms with Gasteiger partial charge in [0, 0.05) is 19.0 Å². The Kier molecular flexibility index (Phi) is 4.37. The molecule has 1 saturated carbocycles. The molecule has 1 aliphatic heterocycles. The molecular formula is C21H23N3O2. The first-order valence-electron chi connectivity index (χ1n) is 9.11. The standard InChI is InChI=1S/C21H23N3O2/c22-21(26)24-11-10-15-8-4-5-9-16(15)19(24)13-23-20(25)18-12-17(18)14-6-2-1-3-7-14/h1-9,17-19H,10-13H2,(H2,22,26)(H,23,25)/t17-,18+,19?/m0/s1. The van der Waals surface area contributed by atoms with Crippen LogP contribution in [0.2, 0.25) is 0 Å². The Morgan fingerprint density at radius 2 is 1.81 bits per heavy atom. The number of hydrogen-bond acceptors (Lipinski definition) is 2. The molecule has 0 spiro atoms. The summed E-state index contributed by atoms with van der Waals surface area (Å²) in [5.74, 6) is 0.395.